The standard InChI is InChI=1S/C27H26N2O5S/c1-14-8-10-17(11-9-14)35(33,34)28-13-18-22-16(6-5-7-20(22)28)12-19-23(18)24-25(31)21(15(2)30)26(32)29(24)27(19,3)4/h5-11,13,19,23-24,31H,12H2,1-4H3/t19-,23+,24+/m1/s1. The van der Waals surface area contributed by atoms with Crippen molar-refractivity contribution in [1.82, 2.24) is 8.87 Å². The first-order valence-electron chi connectivity index (χ1n) is 11.7. The zero-order chi connectivity index (χ0) is 25.0. The number of carbonyl (C=O) groups is 2. The minimum atomic E-state index is -3.88. The van der Waals surface area contributed by atoms with E-state index in [1.165, 1.54) is 10.9 Å². The van der Waals surface area contributed by atoms with Crippen LogP contribution in [-0.2, 0) is 26.0 Å². The van der Waals surface area contributed by atoms with Gasteiger partial charge in [0, 0.05) is 23.0 Å². The molecule has 3 heterocycles. The number of rotatable bonds is 3. The van der Waals surface area contributed by atoms with Crippen LogP contribution in [-0.4, -0.2) is 45.7 Å². The molecule has 0 radical (unpaired) electrons. The van der Waals surface area contributed by atoms with E-state index in [-0.39, 0.29) is 28.1 Å². The van der Waals surface area contributed by atoms with Gasteiger partial charge in [-0.15, -0.1) is 0 Å². The number of ketones is 1. The van der Waals surface area contributed by atoms with Crippen molar-refractivity contribution < 1.29 is 23.1 Å². The predicted octanol–water partition coefficient (Wildman–Crippen LogP) is 3.85. The summed E-state index contributed by atoms with van der Waals surface area (Å²) in [6, 6.07) is 11.7. The third-order valence-corrected chi connectivity index (χ3v) is 9.88. The van der Waals surface area contributed by atoms with Gasteiger partial charge in [-0.1, -0.05) is 29.8 Å². The van der Waals surface area contributed by atoms with Crippen LogP contribution < -0.4 is 0 Å². The Labute approximate surface area is 203 Å². The van der Waals surface area contributed by atoms with Gasteiger partial charge in [0.2, 0.25) is 0 Å². The SMILES string of the molecule is CC(=O)C1=C(O)[C@@H]2[C@H]3c4cn(S(=O)(=O)c5ccc(C)cc5)c5cccc(c45)C[C@H]3C(C)(C)N2C1=O. The molecule has 6 rings (SSSR count). The van der Waals surface area contributed by atoms with Crippen molar-refractivity contribution in [1.29, 1.82) is 0 Å². The lowest BCUT2D eigenvalue weighted by atomic mass is 9.69. The lowest BCUT2D eigenvalue weighted by molar-refractivity contribution is -0.132. The molecule has 35 heavy (non-hydrogen) atoms. The molecular formula is C27H26N2O5S. The van der Waals surface area contributed by atoms with E-state index in [9.17, 15) is 23.1 Å². The van der Waals surface area contributed by atoms with Crippen LogP contribution in [0.15, 0.2) is 64.9 Å². The van der Waals surface area contributed by atoms with Crippen LogP contribution in [0.2, 0.25) is 0 Å². The summed E-state index contributed by atoms with van der Waals surface area (Å²) in [5, 5.41) is 12.0. The molecule has 3 aliphatic rings. The number of amides is 1. The summed E-state index contributed by atoms with van der Waals surface area (Å²) in [6.07, 6.45) is 2.29. The number of carbonyl (C=O) groups excluding carboxylic acids is 2. The fourth-order valence-corrected chi connectivity index (χ4v) is 7.93. The summed E-state index contributed by atoms with van der Waals surface area (Å²) in [5.41, 5.74) is 2.54. The monoisotopic (exact) mass is 490 g/mol. The van der Waals surface area contributed by atoms with Gasteiger partial charge in [0.15, 0.2) is 5.78 Å². The number of hydrogen-bond donors (Lipinski definition) is 1. The summed E-state index contributed by atoms with van der Waals surface area (Å²) in [5.74, 6) is -1.51. The van der Waals surface area contributed by atoms with Gasteiger partial charge in [0.05, 0.1) is 16.5 Å². The Hall–Kier alpha value is -3.39. The Morgan fingerprint density at radius 2 is 1.80 bits per heavy atom. The molecule has 8 heteroatoms. The highest BCUT2D eigenvalue weighted by molar-refractivity contribution is 7.90. The van der Waals surface area contributed by atoms with Crippen LogP contribution in [0.3, 0.4) is 0 Å². The third kappa shape index (κ3) is 2.68. The quantitative estimate of drug-likeness (QED) is 0.563. The maximum Gasteiger partial charge on any atom is 0.268 e. The van der Waals surface area contributed by atoms with Crippen molar-refractivity contribution >= 4 is 32.6 Å². The molecule has 180 valence electrons. The second-order valence-corrected chi connectivity index (χ2v) is 12.3. The number of Topliss-reactive ketones (excluding diaryl/α,β-unsaturated/α-hetero) is 1. The number of aliphatic hydroxyl groups is 1. The van der Waals surface area contributed by atoms with E-state index in [1.807, 2.05) is 32.9 Å². The van der Waals surface area contributed by atoms with E-state index < -0.39 is 33.3 Å². The average Bonchev–Trinajstić information content (AvgIpc) is 3.38. The van der Waals surface area contributed by atoms with Crippen LogP contribution in [0, 0.1) is 12.8 Å². The molecule has 1 amide bonds. The van der Waals surface area contributed by atoms with Crippen LogP contribution in [0.25, 0.3) is 10.9 Å². The molecule has 0 saturated carbocycles. The Bertz CT molecular complexity index is 1590. The number of hydrogen-bond acceptors (Lipinski definition) is 5. The van der Waals surface area contributed by atoms with E-state index in [4.69, 9.17) is 0 Å². The third-order valence-electron chi connectivity index (χ3n) is 8.19. The summed E-state index contributed by atoms with van der Waals surface area (Å²) >= 11 is 0. The van der Waals surface area contributed by atoms with Gasteiger partial charge >= 0.3 is 0 Å². The van der Waals surface area contributed by atoms with E-state index in [1.54, 1.807) is 41.4 Å². The molecule has 7 nitrogen and oxygen atoms in total. The molecule has 1 aliphatic carbocycles. The number of aryl methyl sites for hydroxylation is 1. The molecule has 1 N–H and O–H groups in total. The van der Waals surface area contributed by atoms with Crippen molar-refractivity contribution in [2.24, 2.45) is 5.92 Å². The predicted molar refractivity (Wildman–Crippen MR) is 131 cm³/mol. The van der Waals surface area contributed by atoms with Crippen LogP contribution in [0.4, 0.5) is 0 Å². The zero-order valence-corrected chi connectivity index (χ0v) is 20.8. The normalized spacial score (nSPS) is 24.7. The molecule has 1 aromatic heterocycles. The molecule has 0 spiro atoms. The average molecular weight is 491 g/mol. The van der Waals surface area contributed by atoms with Gasteiger partial charge in [-0.25, -0.2) is 12.4 Å². The van der Waals surface area contributed by atoms with E-state index in [0.717, 1.165) is 22.1 Å². The highest BCUT2D eigenvalue weighted by Crippen LogP contribution is 2.58. The van der Waals surface area contributed by atoms with Crippen molar-refractivity contribution in [3.8, 4) is 0 Å². The molecule has 2 aliphatic heterocycles. The van der Waals surface area contributed by atoms with E-state index >= 15 is 0 Å². The van der Waals surface area contributed by atoms with E-state index in [2.05, 4.69) is 0 Å². The molecule has 1 fully saturated rings. The first kappa shape index (κ1) is 22.1. The minimum Gasteiger partial charge on any atom is -0.509 e. The van der Waals surface area contributed by atoms with Crippen molar-refractivity contribution in [3.63, 3.8) is 0 Å². The van der Waals surface area contributed by atoms with Crippen molar-refractivity contribution in [2.45, 2.75) is 56.5 Å². The highest BCUT2D eigenvalue weighted by Gasteiger charge is 2.63. The van der Waals surface area contributed by atoms with Gasteiger partial charge in [-0.05, 0) is 69.4 Å². The van der Waals surface area contributed by atoms with Crippen LogP contribution in [0.5, 0.6) is 0 Å². The van der Waals surface area contributed by atoms with Gasteiger partial charge in [0.1, 0.15) is 11.3 Å². The summed E-state index contributed by atoms with van der Waals surface area (Å²) in [7, 11) is -3.88. The maximum absolute atomic E-state index is 13.7. The number of aliphatic hydroxyl groups excluding tert-OH is 1. The summed E-state index contributed by atoms with van der Waals surface area (Å²) in [4.78, 5) is 27.3. The second kappa shape index (κ2) is 6.85. The fourth-order valence-electron chi connectivity index (χ4n) is 6.56. The Kier molecular flexibility index (Phi) is 4.32. The zero-order valence-electron chi connectivity index (χ0n) is 19.9. The molecule has 0 unspecified atom stereocenters. The fraction of sp³-hybridized carbons (Fsp3) is 0.333. The summed E-state index contributed by atoms with van der Waals surface area (Å²) in [6.45, 7) is 7.11. The molecule has 3 atom stereocenters. The lowest BCUT2D eigenvalue weighted by Crippen LogP contribution is -2.47. The van der Waals surface area contributed by atoms with Crippen molar-refractivity contribution in [2.75, 3.05) is 0 Å². The summed E-state index contributed by atoms with van der Waals surface area (Å²) < 4.78 is 28.8. The topological polar surface area (TPSA) is 96.7 Å². The Morgan fingerprint density at radius 3 is 2.46 bits per heavy atom. The minimum absolute atomic E-state index is 0.0527. The van der Waals surface area contributed by atoms with Gasteiger partial charge in [-0.2, -0.15) is 0 Å². The number of nitrogens with zero attached hydrogens (tertiary/aromatic N) is 2. The largest absolute Gasteiger partial charge is 0.509 e. The molecule has 0 bridgehead atoms. The molecule has 2 aromatic carbocycles. The van der Waals surface area contributed by atoms with Gasteiger partial charge in [0.25, 0.3) is 15.9 Å². The Morgan fingerprint density at radius 1 is 1.11 bits per heavy atom. The molecule has 3 aromatic rings. The Balaban J connectivity index is 1.61. The number of fused-ring (bicyclic) bond motifs is 4. The highest BCUT2D eigenvalue weighted by atomic mass is 32.2. The maximum atomic E-state index is 13.7. The smallest absolute Gasteiger partial charge is 0.268 e. The van der Waals surface area contributed by atoms with Crippen molar-refractivity contribution in [3.05, 3.63) is 76.7 Å². The van der Waals surface area contributed by atoms with Gasteiger partial charge in [-0.3, -0.25) is 9.59 Å². The van der Waals surface area contributed by atoms with Crippen LogP contribution >= 0.6 is 0 Å². The molecular weight excluding hydrogens is 464 g/mol. The number of aromatic nitrogens is 1. The van der Waals surface area contributed by atoms with E-state index in [0.29, 0.717) is 11.9 Å². The second-order valence-electron chi connectivity index (χ2n) is 10.4. The lowest BCUT2D eigenvalue weighted by Gasteiger charge is -2.37. The van der Waals surface area contributed by atoms with Gasteiger partial charge < -0.3 is 10.0 Å². The van der Waals surface area contributed by atoms with Crippen LogP contribution in [0.1, 0.15) is 43.4 Å². The number of benzene rings is 2. The first-order chi connectivity index (χ1) is 16.5. The molecule has 1 saturated heterocycles. The first-order valence-corrected chi connectivity index (χ1v) is 13.1.